The van der Waals surface area contributed by atoms with E-state index in [0.29, 0.717) is 19.7 Å². The molecule has 5 heterocycles. The summed E-state index contributed by atoms with van der Waals surface area (Å²) in [5, 5.41) is 4.16. The van der Waals surface area contributed by atoms with Crippen LogP contribution in [0.25, 0.3) is 22.2 Å². The van der Waals surface area contributed by atoms with Gasteiger partial charge in [-0.1, -0.05) is 25.1 Å². The molecular weight excluding hydrogens is 456 g/mol. The second-order valence-electron chi connectivity index (χ2n) is 9.84. The Morgan fingerprint density at radius 1 is 1.08 bits per heavy atom. The molecule has 36 heavy (non-hydrogen) atoms. The van der Waals surface area contributed by atoms with E-state index in [2.05, 4.69) is 19.6 Å². The molecular formula is C27H30N6O3. The normalized spacial score (nSPS) is 17.6. The molecule has 0 bridgehead atoms. The third-order valence-corrected chi connectivity index (χ3v) is 7.18. The third-order valence-electron chi connectivity index (χ3n) is 7.18. The maximum atomic E-state index is 12.5. The Bertz CT molecular complexity index is 1410. The van der Waals surface area contributed by atoms with E-state index < -0.39 is 0 Å². The minimum absolute atomic E-state index is 0.00251. The summed E-state index contributed by atoms with van der Waals surface area (Å²) in [6.07, 6.45) is 1.81. The molecule has 0 saturated carbocycles. The summed E-state index contributed by atoms with van der Waals surface area (Å²) in [6.45, 7) is 11.0. The highest BCUT2D eigenvalue weighted by Crippen LogP contribution is 2.45. The van der Waals surface area contributed by atoms with Gasteiger partial charge < -0.3 is 19.1 Å². The van der Waals surface area contributed by atoms with Crippen molar-refractivity contribution in [3.63, 3.8) is 0 Å². The highest BCUT2D eigenvalue weighted by Gasteiger charge is 2.34. The fourth-order valence-electron chi connectivity index (χ4n) is 5.39. The van der Waals surface area contributed by atoms with Crippen LogP contribution in [-0.4, -0.2) is 63.3 Å². The number of benzene rings is 1. The standard InChI is InChI=1S/C27H30N6O3/c1-16(2)26(34)31-11-13-32(14-12-31)27-29-21-9-8-19(23-17(3)30-36-18(23)4)25-24(21)33(27)22(15-35-25)20-7-5-6-10-28-20/h5-10,16,22H,11-15H2,1-4H3. The van der Waals surface area contributed by atoms with Crippen molar-refractivity contribution in [2.45, 2.75) is 33.7 Å². The number of carbonyl (C=O) groups excluding carboxylic acids is 1. The molecule has 1 unspecified atom stereocenters. The molecule has 1 saturated heterocycles. The van der Waals surface area contributed by atoms with Crippen LogP contribution in [0.1, 0.15) is 37.0 Å². The maximum absolute atomic E-state index is 12.5. The first-order chi connectivity index (χ1) is 17.4. The fraction of sp³-hybridized carbons (Fsp3) is 0.407. The molecule has 6 rings (SSSR count). The molecule has 0 aliphatic carbocycles. The number of nitrogens with zero attached hydrogens (tertiary/aromatic N) is 6. The van der Waals surface area contributed by atoms with Gasteiger partial charge in [0.25, 0.3) is 0 Å². The first-order valence-corrected chi connectivity index (χ1v) is 12.5. The second kappa shape index (κ2) is 8.65. The molecule has 0 spiro atoms. The van der Waals surface area contributed by atoms with Gasteiger partial charge in [-0.3, -0.25) is 14.3 Å². The molecule has 9 nitrogen and oxygen atoms in total. The van der Waals surface area contributed by atoms with Crippen molar-refractivity contribution in [1.82, 2.24) is 24.6 Å². The average Bonchev–Trinajstić information content (AvgIpc) is 3.45. The summed E-state index contributed by atoms with van der Waals surface area (Å²) >= 11 is 0. The van der Waals surface area contributed by atoms with Gasteiger partial charge in [-0.2, -0.15) is 0 Å². The molecule has 1 atom stereocenters. The quantitative estimate of drug-likeness (QED) is 0.431. The van der Waals surface area contributed by atoms with Crippen LogP contribution >= 0.6 is 0 Å². The molecule has 2 aliphatic heterocycles. The van der Waals surface area contributed by atoms with E-state index in [1.165, 1.54) is 0 Å². The highest BCUT2D eigenvalue weighted by atomic mass is 16.5. The van der Waals surface area contributed by atoms with Crippen molar-refractivity contribution in [3.05, 3.63) is 53.7 Å². The van der Waals surface area contributed by atoms with Crippen molar-refractivity contribution >= 4 is 22.9 Å². The number of amides is 1. The van der Waals surface area contributed by atoms with Gasteiger partial charge in [0.2, 0.25) is 11.9 Å². The van der Waals surface area contributed by atoms with Crippen LogP contribution in [-0.2, 0) is 4.79 Å². The Kier molecular flexibility index (Phi) is 5.43. The van der Waals surface area contributed by atoms with Gasteiger partial charge in [-0.25, -0.2) is 4.98 Å². The minimum Gasteiger partial charge on any atom is -0.488 e. The molecule has 1 fully saturated rings. The monoisotopic (exact) mass is 486 g/mol. The number of ether oxygens (including phenoxy) is 1. The van der Waals surface area contributed by atoms with E-state index in [4.69, 9.17) is 14.2 Å². The van der Waals surface area contributed by atoms with E-state index in [-0.39, 0.29) is 17.9 Å². The van der Waals surface area contributed by atoms with Gasteiger partial charge in [0.1, 0.15) is 23.9 Å². The number of piperazine rings is 1. The zero-order valence-corrected chi connectivity index (χ0v) is 21.1. The Labute approximate surface area is 209 Å². The molecule has 0 radical (unpaired) electrons. The molecule has 2 aliphatic rings. The molecule has 1 amide bonds. The number of aryl methyl sites for hydroxylation is 2. The van der Waals surface area contributed by atoms with Gasteiger partial charge in [0, 0.05) is 43.9 Å². The predicted molar refractivity (Wildman–Crippen MR) is 136 cm³/mol. The van der Waals surface area contributed by atoms with Crippen LogP contribution in [0.3, 0.4) is 0 Å². The number of hydrogen-bond acceptors (Lipinski definition) is 7. The lowest BCUT2D eigenvalue weighted by atomic mass is 10.0. The molecule has 4 aromatic rings. The lowest BCUT2D eigenvalue weighted by molar-refractivity contribution is -0.134. The summed E-state index contributed by atoms with van der Waals surface area (Å²) in [5.74, 6) is 2.65. The lowest BCUT2D eigenvalue weighted by Crippen LogP contribution is -2.50. The molecule has 3 aromatic heterocycles. The topological polar surface area (TPSA) is 89.5 Å². The van der Waals surface area contributed by atoms with E-state index >= 15 is 0 Å². The predicted octanol–water partition coefficient (Wildman–Crippen LogP) is 3.99. The van der Waals surface area contributed by atoms with E-state index in [1.54, 1.807) is 0 Å². The Morgan fingerprint density at radius 3 is 2.56 bits per heavy atom. The van der Waals surface area contributed by atoms with Crippen molar-refractivity contribution in [3.8, 4) is 16.9 Å². The molecule has 186 valence electrons. The second-order valence-corrected chi connectivity index (χ2v) is 9.84. The smallest absolute Gasteiger partial charge is 0.225 e. The number of aromatic nitrogens is 4. The van der Waals surface area contributed by atoms with Gasteiger partial charge >= 0.3 is 0 Å². The lowest BCUT2D eigenvalue weighted by Gasteiger charge is -2.37. The number of hydrogen-bond donors (Lipinski definition) is 0. The van der Waals surface area contributed by atoms with Crippen LogP contribution in [0.4, 0.5) is 5.95 Å². The summed E-state index contributed by atoms with van der Waals surface area (Å²) in [4.78, 5) is 26.5. The number of anilines is 1. The Morgan fingerprint density at radius 2 is 1.89 bits per heavy atom. The Hall–Kier alpha value is -3.88. The van der Waals surface area contributed by atoms with E-state index in [9.17, 15) is 4.79 Å². The van der Waals surface area contributed by atoms with Gasteiger partial charge in [-0.15, -0.1) is 0 Å². The average molecular weight is 487 g/mol. The van der Waals surface area contributed by atoms with Crippen LogP contribution in [0.15, 0.2) is 41.1 Å². The van der Waals surface area contributed by atoms with Gasteiger partial charge in [0.15, 0.2) is 5.75 Å². The van der Waals surface area contributed by atoms with Crippen LogP contribution < -0.4 is 9.64 Å². The highest BCUT2D eigenvalue weighted by molar-refractivity contribution is 5.94. The SMILES string of the molecule is Cc1noc(C)c1-c1ccc2nc(N3CCN(C(=O)C(C)C)CC3)n3c2c1OCC3c1ccccn1. The molecule has 1 aromatic carbocycles. The summed E-state index contributed by atoms with van der Waals surface area (Å²) in [7, 11) is 0. The number of imidazole rings is 1. The molecule has 0 N–H and O–H groups in total. The summed E-state index contributed by atoms with van der Waals surface area (Å²) < 4.78 is 14.2. The van der Waals surface area contributed by atoms with Crippen molar-refractivity contribution in [1.29, 1.82) is 0 Å². The zero-order chi connectivity index (χ0) is 25.0. The fourth-order valence-corrected chi connectivity index (χ4v) is 5.39. The van der Waals surface area contributed by atoms with Gasteiger partial charge in [0.05, 0.1) is 22.5 Å². The zero-order valence-electron chi connectivity index (χ0n) is 21.1. The number of rotatable bonds is 4. The minimum atomic E-state index is -0.117. The van der Waals surface area contributed by atoms with Crippen LogP contribution in [0.2, 0.25) is 0 Å². The van der Waals surface area contributed by atoms with Crippen LogP contribution in [0.5, 0.6) is 5.75 Å². The first kappa shape index (κ1) is 22.6. The first-order valence-electron chi connectivity index (χ1n) is 12.5. The maximum Gasteiger partial charge on any atom is 0.225 e. The van der Waals surface area contributed by atoms with Crippen molar-refractivity contribution in [2.24, 2.45) is 5.92 Å². The summed E-state index contributed by atoms with van der Waals surface area (Å²) in [5.41, 5.74) is 5.49. The number of pyridine rings is 1. The van der Waals surface area contributed by atoms with E-state index in [0.717, 1.165) is 64.1 Å². The van der Waals surface area contributed by atoms with Crippen molar-refractivity contribution in [2.75, 3.05) is 37.7 Å². The van der Waals surface area contributed by atoms with Crippen molar-refractivity contribution < 1.29 is 14.1 Å². The van der Waals surface area contributed by atoms with Gasteiger partial charge in [-0.05, 0) is 38.1 Å². The van der Waals surface area contributed by atoms with E-state index in [1.807, 2.05) is 69.1 Å². The largest absolute Gasteiger partial charge is 0.488 e. The molecule has 9 heteroatoms. The Balaban J connectivity index is 1.48. The summed E-state index contributed by atoms with van der Waals surface area (Å²) in [6, 6.07) is 9.93. The third kappa shape index (κ3) is 3.53. The number of carbonyl (C=O) groups is 1. The van der Waals surface area contributed by atoms with Crippen LogP contribution in [0, 0.1) is 19.8 Å².